The van der Waals surface area contributed by atoms with Crippen LogP contribution in [-0.2, 0) is 11.3 Å². The predicted octanol–water partition coefficient (Wildman–Crippen LogP) is 5.99. The van der Waals surface area contributed by atoms with Gasteiger partial charge in [0.2, 0.25) is 5.56 Å². The molecular formula is C47H57BrN4O5. The average molecular weight is 838 g/mol. The molecule has 2 saturated heterocycles. The Balaban J connectivity index is 0.00000549. The molecule has 4 aromatic carbocycles. The lowest BCUT2D eigenvalue weighted by Crippen LogP contribution is -3.00. The van der Waals surface area contributed by atoms with Crippen molar-refractivity contribution in [3.8, 4) is 16.9 Å². The third-order valence-electron chi connectivity index (χ3n) is 11.8. The molecule has 0 radical (unpaired) electrons. The largest absolute Gasteiger partial charge is 1.00 e. The zero-order valence-corrected chi connectivity index (χ0v) is 34.4. The van der Waals surface area contributed by atoms with Gasteiger partial charge in [-0.2, -0.15) is 0 Å². The summed E-state index contributed by atoms with van der Waals surface area (Å²) < 4.78 is 13.3. The molecule has 2 fully saturated rings. The number of nitrogens with zero attached hydrogens (tertiary/aromatic N) is 1. The van der Waals surface area contributed by atoms with E-state index in [9.17, 15) is 14.7 Å². The first-order valence-corrected chi connectivity index (χ1v) is 20.6. The highest BCUT2D eigenvalue weighted by Crippen LogP contribution is 2.37. The number of piperidine rings is 1. The molecule has 3 heterocycles. The van der Waals surface area contributed by atoms with Crippen LogP contribution in [0, 0.1) is 5.92 Å². The van der Waals surface area contributed by atoms with E-state index in [1.165, 1.54) is 62.2 Å². The smallest absolute Gasteiger partial charge is 0.411 e. The molecule has 4 atom stereocenters. The van der Waals surface area contributed by atoms with Crippen LogP contribution in [0.25, 0.3) is 22.0 Å². The lowest BCUT2D eigenvalue weighted by molar-refractivity contribution is -0.922. The minimum absolute atomic E-state index is 0. The van der Waals surface area contributed by atoms with E-state index in [4.69, 9.17) is 9.47 Å². The van der Waals surface area contributed by atoms with Gasteiger partial charge in [0.05, 0.1) is 49.4 Å². The zero-order chi connectivity index (χ0) is 38.6. The highest BCUT2D eigenvalue weighted by atomic mass is 79.9. The fraction of sp³-hybridized carbons (Fsp3) is 0.404. The standard InChI is InChI=1S/C47H56N4O5.BrH/c52-42(39-22-24-44(46-40(39)23-25-45(53)50-46)55-34-35-16-8-6-9-17-35)32-48-28-14-4-2-1-3-5-15-29-51-30-26-37(33-51)43(27-31-51)56-47(54)49-41-21-13-12-20-38(41)36-18-10-7-11-19-36;/h6-13,16-25,37,42-43,48,52H,1-5,14-15,26-34H2,(H-,49,50,53,54);1H/t37?,42?,43?,51-;/m1./s1. The first-order valence-electron chi connectivity index (χ1n) is 20.6. The van der Waals surface area contributed by atoms with Gasteiger partial charge in [-0.3, -0.25) is 10.1 Å². The van der Waals surface area contributed by atoms with E-state index in [0.717, 1.165) is 72.2 Å². The second kappa shape index (κ2) is 20.8. The second-order valence-corrected chi connectivity index (χ2v) is 15.7. The molecular weight excluding hydrogens is 780 g/mol. The van der Waals surface area contributed by atoms with Crippen LogP contribution in [-0.4, -0.2) is 66.0 Å². The van der Waals surface area contributed by atoms with Crippen molar-refractivity contribution < 1.29 is 40.8 Å². The van der Waals surface area contributed by atoms with E-state index in [-0.39, 0.29) is 34.7 Å². The Bertz CT molecular complexity index is 2080. The van der Waals surface area contributed by atoms with Crippen molar-refractivity contribution >= 4 is 22.7 Å². The van der Waals surface area contributed by atoms with Crippen molar-refractivity contribution in [2.45, 2.75) is 76.6 Å². The molecule has 1 aromatic heterocycles. The van der Waals surface area contributed by atoms with Gasteiger partial charge in [-0.15, -0.1) is 0 Å². The van der Waals surface area contributed by atoms with Gasteiger partial charge in [-0.1, -0.05) is 111 Å². The van der Waals surface area contributed by atoms with E-state index >= 15 is 0 Å². The quantitative estimate of drug-likeness (QED) is 0.0602. The van der Waals surface area contributed by atoms with Gasteiger partial charge >= 0.3 is 6.09 Å². The van der Waals surface area contributed by atoms with Gasteiger partial charge < -0.3 is 46.3 Å². The van der Waals surface area contributed by atoms with E-state index in [1.54, 1.807) is 6.07 Å². The number of halogens is 1. The zero-order valence-electron chi connectivity index (χ0n) is 32.8. The van der Waals surface area contributed by atoms with Gasteiger partial charge in [0.25, 0.3) is 0 Å². The molecule has 302 valence electrons. The molecule has 0 aliphatic carbocycles. The molecule has 2 aliphatic rings. The number of para-hydroxylation sites is 1. The summed E-state index contributed by atoms with van der Waals surface area (Å²) in [7, 11) is 0. The number of aliphatic hydroxyl groups is 1. The Hall–Kier alpha value is -4.48. The van der Waals surface area contributed by atoms with Gasteiger partial charge in [-0.25, -0.2) is 4.79 Å². The van der Waals surface area contributed by atoms with Crippen molar-refractivity contribution in [2.75, 3.05) is 44.6 Å². The molecule has 2 bridgehead atoms. The fourth-order valence-electron chi connectivity index (χ4n) is 8.80. The summed E-state index contributed by atoms with van der Waals surface area (Å²) in [5.41, 5.74) is 5.06. The normalized spacial score (nSPS) is 19.1. The third-order valence-corrected chi connectivity index (χ3v) is 11.8. The van der Waals surface area contributed by atoms with Crippen molar-refractivity contribution in [2.24, 2.45) is 5.92 Å². The Morgan fingerprint density at radius 3 is 2.32 bits per heavy atom. The number of aromatic nitrogens is 1. The van der Waals surface area contributed by atoms with Gasteiger partial charge in [0, 0.05) is 36.4 Å². The monoisotopic (exact) mass is 836 g/mol. The number of benzene rings is 4. The second-order valence-electron chi connectivity index (χ2n) is 15.7. The Morgan fingerprint density at radius 1 is 0.807 bits per heavy atom. The minimum atomic E-state index is -0.699. The number of anilines is 1. The Kier molecular flexibility index (Phi) is 15.4. The molecule has 0 spiro atoms. The number of nitrogens with one attached hydrogen (secondary N) is 3. The van der Waals surface area contributed by atoms with Crippen molar-refractivity contribution in [3.63, 3.8) is 0 Å². The number of aliphatic hydroxyl groups excluding tert-OH is 1. The van der Waals surface area contributed by atoms with E-state index in [0.29, 0.717) is 30.3 Å². The molecule has 10 heteroatoms. The van der Waals surface area contributed by atoms with Gasteiger partial charge in [-0.05, 0) is 60.7 Å². The highest BCUT2D eigenvalue weighted by molar-refractivity contribution is 5.91. The van der Waals surface area contributed by atoms with Crippen LogP contribution in [0.15, 0.2) is 114 Å². The lowest BCUT2D eigenvalue weighted by atomic mass is 9.95. The summed E-state index contributed by atoms with van der Waals surface area (Å²) >= 11 is 0. The molecule has 7 rings (SSSR count). The van der Waals surface area contributed by atoms with Crippen LogP contribution in [0.3, 0.4) is 0 Å². The predicted molar refractivity (Wildman–Crippen MR) is 224 cm³/mol. The number of hydrogen-bond donors (Lipinski definition) is 4. The molecule has 57 heavy (non-hydrogen) atoms. The average Bonchev–Trinajstić information content (AvgIpc) is 3.58. The number of H-pyrrole nitrogens is 1. The van der Waals surface area contributed by atoms with Crippen LogP contribution in [0.1, 0.15) is 75.0 Å². The Morgan fingerprint density at radius 2 is 1.51 bits per heavy atom. The summed E-state index contributed by atoms with van der Waals surface area (Å²) in [4.78, 5) is 28.1. The maximum Gasteiger partial charge on any atom is 0.411 e. The SMILES string of the molecule is O=C(Nc1ccccc1-c1ccccc1)OC1CC[N@@+]2(CCCCCCCCCNCC(O)c3ccc(OCc4ccccc4)c4[nH]c(=O)ccc34)CCC1C2.[Br-]. The maximum atomic E-state index is 13.0. The summed E-state index contributed by atoms with van der Waals surface area (Å²) in [6, 6.07) is 34.9. The number of carbonyl (C=O) groups is 1. The fourth-order valence-corrected chi connectivity index (χ4v) is 8.80. The van der Waals surface area contributed by atoms with Crippen LogP contribution >= 0.6 is 0 Å². The minimum Gasteiger partial charge on any atom is -1.00 e. The topological polar surface area (TPSA) is 113 Å². The van der Waals surface area contributed by atoms with Crippen molar-refractivity contribution in [3.05, 3.63) is 131 Å². The number of carbonyl (C=O) groups excluding carboxylic acids is 1. The van der Waals surface area contributed by atoms with Crippen molar-refractivity contribution in [1.29, 1.82) is 0 Å². The first kappa shape index (κ1) is 42.1. The number of aromatic amines is 1. The number of rotatable bonds is 19. The molecule has 2 aliphatic heterocycles. The maximum absolute atomic E-state index is 13.0. The highest BCUT2D eigenvalue weighted by Gasteiger charge is 2.47. The number of unbranched alkanes of at least 4 members (excludes halogenated alkanes) is 6. The molecule has 5 aromatic rings. The Labute approximate surface area is 347 Å². The summed E-state index contributed by atoms with van der Waals surface area (Å²) in [5, 5.41) is 18.3. The molecule has 4 N–H and O–H groups in total. The van der Waals surface area contributed by atoms with Gasteiger partial charge in [0.1, 0.15) is 18.5 Å². The first-order chi connectivity index (χ1) is 27.5. The number of ether oxygens (including phenoxy) is 2. The van der Waals surface area contributed by atoms with Gasteiger partial charge in [0.15, 0.2) is 0 Å². The van der Waals surface area contributed by atoms with E-state index in [2.05, 4.69) is 27.8 Å². The number of quaternary nitrogens is 1. The van der Waals surface area contributed by atoms with E-state index in [1.807, 2.05) is 84.9 Å². The van der Waals surface area contributed by atoms with Crippen LogP contribution in [0.4, 0.5) is 10.5 Å². The van der Waals surface area contributed by atoms with Crippen molar-refractivity contribution in [1.82, 2.24) is 10.3 Å². The molecule has 3 unspecified atom stereocenters. The third kappa shape index (κ3) is 11.3. The number of fused-ring (bicyclic) bond motifs is 3. The number of pyridine rings is 1. The van der Waals surface area contributed by atoms with Crippen LogP contribution < -0.4 is 37.9 Å². The summed E-state index contributed by atoms with van der Waals surface area (Å²) in [6.45, 7) is 6.37. The molecule has 9 nitrogen and oxygen atoms in total. The summed E-state index contributed by atoms with van der Waals surface area (Å²) in [5.74, 6) is 1.04. The molecule has 1 amide bonds. The van der Waals surface area contributed by atoms with Crippen LogP contribution in [0.5, 0.6) is 5.75 Å². The summed E-state index contributed by atoms with van der Waals surface area (Å²) in [6.07, 6.45) is 9.57. The lowest BCUT2D eigenvalue weighted by Gasteiger charge is -2.40. The number of amides is 1. The molecule has 0 saturated carbocycles. The van der Waals surface area contributed by atoms with Crippen LogP contribution in [0.2, 0.25) is 0 Å². The van der Waals surface area contributed by atoms with E-state index < -0.39 is 6.10 Å². The number of hydrogen-bond acceptors (Lipinski definition) is 6.